The lowest BCUT2D eigenvalue weighted by Gasteiger charge is -2.09. The molecule has 28 heavy (non-hydrogen) atoms. The summed E-state index contributed by atoms with van der Waals surface area (Å²) >= 11 is 0. The van der Waals surface area contributed by atoms with Crippen LogP contribution < -0.4 is 10.2 Å². The van der Waals surface area contributed by atoms with Crippen LogP contribution in [0.1, 0.15) is 19.4 Å². The van der Waals surface area contributed by atoms with Gasteiger partial charge in [-0.05, 0) is 44.0 Å². The average Bonchev–Trinajstić information content (AvgIpc) is 3.17. The lowest BCUT2D eigenvalue weighted by atomic mass is 9.99. The van der Waals surface area contributed by atoms with Gasteiger partial charge in [0.15, 0.2) is 5.58 Å². The molecule has 4 aromatic rings. The molecule has 0 saturated carbocycles. The minimum Gasteiger partial charge on any atom is -0.507 e. The summed E-state index contributed by atoms with van der Waals surface area (Å²) in [7, 11) is 1.58. The minimum absolute atomic E-state index is 0.0981. The zero-order chi connectivity index (χ0) is 19.8. The molecule has 0 aliphatic carbocycles. The first-order chi connectivity index (χ1) is 13.5. The van der Waals surface area contributed by atoms with Crippen molar-refractivity contribution in [3.05, 3.63) is 70.3 Å². The first-order valence-corrected chi connectivity index (χ1v) is 8.95. The van der Waals surface area contributed by atoms with Crippen molar-refractivity contribution in [3.8, 4) is 22.6 Å². The number of phenols is 1. The second-order valence-corrected chi connectivity index (χ2v) is 6.89. The number of phenolic OH excluding ortho intramolecular Hbond substituents is 1. The second-order valence-electron chi connectivity index (χ2n) is 6.89. The topological polar surface area (TPSA) is 72.8 Å². The summed E-state index contributed by atoms with van der Waals surface area (Å²) in [5, 5.41) is 11.8. The highest BCUT2D eigenvalue weighted by atomic mass is 16.5. The lowest BCUT2D eigenvalue weighted by Crippen LogP contribution is -2.06. The van der Waals surface area contributed by atoms with Crippen molar-refractivity contribution in [1.29, 1.82) is 0 Å². The van der Waals surface area contributed by atoms with E-state index in [1.54, 1.807) is 37.4 Å². The van der Waals surface area contributed by atoms with Crippen LogP contribution in [0.3, 0.4) is 0 Å². The zero-order valence-corrected chi connectivity index (χ0v) is 15.9. The van der Waals surface area contributed by atoms with Crippen molar-refractivity contribution in [2.24, 2.45) is 0 Å². The highest BCUT2D eigenvalue weighted by molar-refractivity contribution is 6.07. The number of allylic oxidation sites excluding steroid dienone is 2. The van der Waals surface area contributed by atoms with E-state index in [1.807, 2.05) is 19.9 Å². The quantitative estimate of drug-likeness (QED) is 0.481. The van der Waals surface area contributed by atoms with Crippen molar-refractivity contribution < 1.29 is 18.7 Å². The molecule has 142 valence electrons. The molecule has 0 unspecified atom stereocenters. The van der Waals surface area contributed by atoms with E-state index in [1.165, 1.54) is 12.5 Å². The third-order valence-electron chi connectivity index (χ3n) is 4.82. The molecule has 0 aliphatic rings. The Kier molecular flexibility index (Phi) is 4.43. The Morgan fingerprint density at radius 3 is 2.54 bits per heavy atom. The lowest BCUT2D eigenvalue weighted by molar-refractivity contribution is 0.415. The smallest absolute Gasteiger partial charge is 0.204 e. The molecule has 2 heterocycles. The van der Waals surface area contributed by atoms with Gasteiger partial charge in [-0.1, -0.05) is 23.8 Å². The number of rotatable bonds is 4. The number of hydrogen-bond donors (Lipinski definition) is 1. The van der Waals surface area contributed by atoms with E-state index in [0.717, 1.165) is 5.57 Å². The second kappa shape index (κ2) is 6.93. The van der Waals surface area contributed by atoms with Crippen molar-refractivity contribution in [2.45, 2.75) is 20.3 Å². The predicted molar refractivity (Wildman–Crippen MR) is 109 cm³/mol. The van der Waals surface area contributed by atoms with E-state index in [0.29, 0.717) is 45.4 Å². The van der Waals surface area contributed by atoms with E-state index in [2.05, 4.69) is 0 Å². The van der Waals surface area contributed by atoms with Crippen LogP contribution in [0, 0.1) is 0 Å². The van der Waals surface area contributed by atoms with Gasteiger partial charge in [-0.15, -0.1) is 0 Å². The van der Waals surface area contributed by atoms with Gasteiger partial charge in [-0.25, -0.2) is 0 Å². The molecule has 5 heteroatoms. The highest BCUT2D eigenvalue weighted by Crippen LogP contribution is 2.38. The third kappa shape index (κ3) is 2.85. The molecule has 0 spiro atoms. The Balaban J connectivity index is 2.01. The molecule has 0 saturated heterocycles. The summed E-state index contributed by atoms with van der Waals surface area (Å²) in [6.45, 7) is 3.96. The van der Waals surface area contributed by atoms with Crippen molar-refractivity contribution in [1.82, 2.24) is 0 Å². The third-order valence-corrected chi connectivity index (χ3v) is 4.82. The molecular formula is C23H20O5. The number of aromatic hydroxyl groups is 1. The molecule has 0 aliphatic heterocycles. The highest BCUT2D eigenvalue weighted by Gasteiger charge is 2.21. The van der Waals surface area contributed by atoms with Gasteiger partial charge in [0.25, 0.3) is 0 Å². The maximum absolute atomic E-state index is 13.3. The SMILES string of the molecule is COc1ccc(-c2coc3c(c(O)c(CC=C(C)C)c4occc43)c2=O)cc1. The fourth-order valence-corrected chi connectivity index (χ4v) is 3.33. The summed E-state index contributed by atoms with van der Waals surface area (Å²) in [6.07, 6.45) is 5.40. The first-order valence-electron chi connectivity index (χ1n) is 8.95. The normalized spacial score (nSPS) is 11.1. The van der Waals surface area contributed by atoms with Gasteiger partial charge in [0.1, 0.15) is 28.7 Å². The molecule has 0 fully saturated rings. The van der Waals surface area contributed by atoms with Crippen molar-refractivity contribution in [2.75, 3.05) is 7.11 Å². The number of fused-ring (bicyclic) bond motifs is 3. The van der Waals surface area contributed by atoms with Crippen LogP contribution in [0.25, 0.3) is 33.1 Å². The van der Waals surface area contributed by atoms with Crippen LogP contribution in [0.2, 0.25) is 0 Å². The Hall–Kier alpha value is -3.47. The van der Waals surface area contributed by atoms with Gasteiger partial charge in [-0.2, -0.15) is 0 Å². The molecule has 0 radical (unpaired) electrons. The molecule has 0 amide bonds. The van der Waals surface area contributed by atoms with E-state index in [9.17, 15) is 9.90 Å². The fraction of sp³-hybridized carbons (Fsp3) is 0.174. The average molecular weight is 376 g/mol. The van der Waals surface area contributed by atoms with E-state index in [4.69, 9.17) is 13.6 Å². The van der Waals surface area contributed by atoms with Gasteiger partial charge in [0.2, 0.25) is 5.43 Å². The van der Waals surface area contributed by atoms with Crippen molar-refractivity contribution >= 4 is 21.9 Å². The summed E-state index contributed by atoms with van der Waals surface area (Å²) in [4.78, 5) is 13.3. The summed E-state index contributed by atoms with van der Waals surface area (Å²) < 4.78 is 16.6. The van der Waals surface area contributed by atoms with E-state index < -0.39 is 0 Å². The van der Waals surface area contributed by atoms with Gasteiger partial charge >= 0.3 is 0 Å². The summed E-state index contributed by atoms with van der Waals surface area (Å²) in [5.74, 6) is 0.597. The first kappa shape index (κ1) is 17.9. The summed E-state index contributed by atoms with van der Waals surface area (Å²) in [6, 6.07) is 8.87. The molecule has 5 nitrogen and oxygen atoms in total. The number of furan rings is 1. The summed E-state index contributed by atoms with van der Waals surface area (Å²) in [5.41, 5.74) is 3.32. The Morgan fingerprint density at radius 1 is 1.11 bits per heavy atom. The van der Waals surface area contributed by atoms with Gasteiger partial charge in [-0.3, -0.25) is 4.79 Å². The monoisotopic (exact) mass is 376 g/mol. The Morgan fingerprint density at radius 2 is 1.86 bits per heavy atom. The maximum Gasteiger partial charge on any atom is 0.204 e. The van der Waals surface area contributed by atoms with Gasteiger partial charge in [0.05, 0.1) is 24.3 Å². The largest absolute Gasteiger partial charge is 0.507 e. The molecule has 2 aromatic carbocycles. The molecule has 4 rings (SSSR count). The molecule has 0 atom stereocenters. The van der Waals surface area contributed by atoms with Crippen LogP contribution in [0.4, 0.5) is 0 Å². The number of benzene rings is 2. The zero-order valence-electron chi connectivity index (χ0n) is 15.9. The van der Waals surface area contributed by atoms with Crippen LogP contribution in [0.15, 0.2) is 68.1 Å². The van der Waals surface area contributed by atoms with Crippen LogP contribution in [-0.2, 0) is 6.42 Å². The molecule has 2 aromatic heterocycles. The van der Waals surface area contributed by atoms with Crippen LogP contribution in [0.5, 0.6) is 11.5 Å². The Bertz CT molecular complexity index is 1250. The van der Waals surface area contributed by atoms with E-state index >= 15 is 0 Å². The molecule has 0 bridgehead atoms. The van der Waals surface area contributed by atoms with Gasteiger partial charge in [0, 0.05) is 5.56 Å². The molecule has 1 N–H and O–H groups in total. The van der Waals surface area contributed by atoms with Crippen molar-refractivity contribution in [3.63, 3.8) is 0 Å². The Labute approximate surface area is 161 Å². The maximum atomic E-state index is 13.3. The van der Waals surface area contributed by atoms with Crippen LogP contribution >= 0.6 is 0 Å². The predicted octanol–water partition coefficient (Wildman–Crippen LogP) is 5.43. The van der Waals surface area contributed by atoms with E-state index in [-0.39, 0.29) is 16.6 Å². The standard InChI is InChI=1S/C23H20O5/c1-13(2)4-9-16-20(24)19-21(25)18(14-5-7-15(26-3)8-6-14)12-28-23(19)17-10-11-27-22(16)17/h4-8,10-12,24H,9H2,1-3H3. The number of ether oxygens (including phenoxy) is 1. The number of methoxy groups -OCH3 is 1. The minimum atomic E-state index is -0.287. The number of hydrogen-bond acceptors (Lipinski definition) is 5. The van der Waals surface area contributed by atoms with Gasteiger partial charge < -0.3 is 18.7 Å². The molecular weight excluding hydrogens is 356 g/mol. The van der Waals surface area contributed by atoms with Crippen LogP contribution in [-0.4, -0.2) is 12.2 Å². The fourth-order valence-electron chi connectivity index (χ4n) is 3.33.